The molecule has 0 aromatic heterocycles. The second-order valence-electron chi connectivity index (χ2n) is 4.35. The molecule has 0 heterocycles. The van der Waals surface area contributed by atoms with Gasteiger partial charge in [0.25, 0.3) is 0 Å². The number of carbonyl (C=O) groups excluding carboxylic acids is 2. The lowest BCUT2D eigenvalue weighted by Gasteiger charge is -2.07. The first kappa shape index (κ1) is 14.7. The van der Waals surface area contributed by atoms with Crippen molar-refractivity contribution >= 4 is 23.3 Å². The third kappa shape index (κ3) is 5.20. The molecule has 0 fully saturated rings. The Labute approximate surface area is 112 Å². The maximum atomic E-state index is 11.7. The summed E-state index contributed by atoms with van der Waals surface area (Å²) in [6.45, 7) is 5.62. The SMILES string of the molecule is C/C(CC(=O)Nc1ccc(C)c(C)c1)=N\NC(N)=O. The van der Waals surface area contributed by atoms with Crippen molar-refractivity contribution in [1.82, 2.24) is 5.43 Å². The predicted octanol–water partition coefficient (Wildman–Crippen LogP) is 1.68. The van der Waals surface area contributed by atoms with Crippen molar-refractivity contribution in [3.63, 3.8) is 0 Å². The van der Waals surface area contributed by atoms with Gasteiger partial charge in [0, 0.05) is 11.4 Å². The van der Waals surface area contributed by atoms with Gasteiger partial charge in [0.05, 0.1) is 6.42 Å². The Bertz CT molecular complexity index is 523. The van der Waals surface area contributed by atoms with Gasteiger partial charge in [-0.1, -0.05) is 6.07 Å². The minimum atomic E-state index is -0.756. The molecule has 102 valence electrons. The van der Waals surface area contributed by atoms with Crippen LogP contribution in [-0.2, 0) is 4.79 Å². The molecule has 4 N–H and O–H groups in total. The van der Waals surface area contributed by atoms with E-state index < -0.39 is 6.03 Å². The number of urea groups is 1. The average molecular weight is 262 g/mol. The van der Waals surface area contributed by atoms with Crippen LogP contribution in [0.5, 0.6) is 0 Å². The fourth-order valence-corrected chi connectivity index (χ4v) is 1.45. The molecule has 0 atom stereocenters. The van der Waals surface area contributed by atoms with E-state index in [2.05, 4.69) is 15.8 Å². The molecule has 3 amide bonds. The maximum absolute atomic E-state index is 11.7. The Morgan fingerprint density at radius 2 is 1.95 bits per heavy atom. The average Bonchev–Trinajstić information content (AvgIpc) is 2.31. The van der Waals surface area contributed by atoms with Crippen LogP contribution in [0.25, 0.3) is 0 Å². The second-order valence-corrected chi connectivity index (χ2v) is 4.35. The standard InChI is InChI=1S/C13H18N4O2/c1-8-4-5-11(6-9(8)2)15-12(18)7-10(3)16-17-13(14)19/h4-6H,7H2,1-3H3,(H,15,18)(H3,14,17,19)/b16-10+. The summed E-state index contributed by atoms with van der Waals surface area (Å²) in [4.78, 5) is 22.2. The predicted molar refractivity (Wildman–Crippen MR) is 75.0 cm³/mol. The quantitative estimate of drug-likeness (QED) is 0.568. The molecule has 1 aromatic carbocycles. The van der Waals surface area contributed by atoms with Crippen LogP contribution in [0.15, 0.2) is 23.3 Å². The summed E-state index contributed by atoms with van der Waals surface area (Å²) in [7, 11) is 0. The second kappa shape index (κ2) is 6.53. The van der Waals surface area contributed by atoms with Gasteiger partial charge in [-0.05, 0) is 44.0 Å². The largest absolute Gasteiger partial charge is 0.350 e. The van der Waals surface area contributed by atoms with E-state index >= 15 is 0 Å². The summed E-state index contributed by atoms with van der Waals surface area (Å²) >= 11 is 0. The number of hydrogen-bond donors (Lipinski definition) is 3. The minimum absolute atomic E-state index is 0.0905. The first-order valence-corrected chi connectivity index (χ1v) is 5.84. The van der Waals surface area contributed by atoms with E-state index in [1.54, 1.807) is 6.92 Å². The van der Waals surface area contributed by atoms with E-state index in [9.17, 15) is 9.59 Å². The van der Waals surface area contributed by atoms with Gasteiger partial charge in [-0.25, -0.2) is 10.2 Å². The van der Waals surface area contributed by atoms with Crippen LogP contribution < -0.4 is 16.5 Å². The number of benzene rings is 1. The Hall–Kier alpha value is -2.37. The Morgan fingerprint density at radius 3 is 2.53 bits per heavy atom. The number of carbonyl (C=O) groups is 2. The third-order valence-corrected chi connectivity index (χ3v) is 2.56. The lowest BCUT2D eigenvalue weighted by Crippen LogP contribution is -2.26. The highest BCUT2D eigenvalue weighted by Gasteiger charge is 2.05. The van der Waals surface area contributed by atoms with Crippen molar-refractivity contribution in [3.8, 4) is 0 Å². The number of nitrogens with two attached hydrogens (primary N) is 1. The number of anilines is 1. The van der Waals surface area contributed by atoms with Crippen molar-refractivity contribution in [2.45, 2.75) is 27.2 Å². The number of nitrogens with one attached hydrogen (secondary N) is 2. The molecule has 0 aliphatic carbocycles. The van der Waals surface area contributed by atoms with E-state index in [0.717, 1.165) is 11.3 Å². The van der Waals surface area contributed by atoms with Gasteiger partial charge in [0.2, 0.25) is 5.91 Å². The van der Waals surface area contributed by atoms with Crippen LogP contribution in [0.4, 0.5) is 10.5 Å². The summed E-state index contributed by atoms with van der Waals surface area (Å²) in [5.41, 5.74) is 10.4. The first-order valence-electron chi connectivity index (χ1n) is 5.84. The molecule has 0 radical (unpaired) electrons. The molecule has 0 unspecified atom stereocenters. The molecular formula is C13H18N4O2. The normalized spacial score (nSPS) is 11.0. The fraction of sp³-hybridized carbons (Fsp3) is 0.308. The highest BCUT2D eigenvalue weighted by molar-refractivity contribution is 6.05. The van der Waals surface area contributed by atoms with Crippen LogP contribution >= 0.6 is 0 Å². The van der Waals surface area contributed by atoms with E-state index in [-0.39, 0.29) is 12.3 Å². The monoisotopic (exact) mass is 262 g/mol. The molecule has 0 aliphatic rings. The number of aryl methyl sites for hydroxylation is 2. The zero-order chi connectivity index (χ0) is 14.4. The lowest BCUT2D eigenvalue weighted by molar-refractivity contribution is -0.115. The highest BCUT2D eigenvalue weighted by atomic mass is 16.2. The summed E-state index contributed by atoms with van der Waals surface area (Å²) in [5.74, 6) is -0.198. The summed E-state index contributed by atoms with van der Waals surface area (Å²) in [6.07, 6.45) is 0.0905. The number of hydrogen-bond acceptors (Lipinski definition) is 3. The van der Waals surface area contributed by atoms with Crippen LogP contribution in [0.1, 0.15) is 24.5 Å². The van der Waals surface area contributed by atoms with Crippen LogP contribution in [0, 0.1) is 13.8 Å². The fourth-order valence-electron chi connectivity index (χ4n) is 1.45. The first-order chi connectivity index (χ1) is 8.88. The molecule has 19 heavy (non-hydrogen) atoms. The zero-order valence-electron chi connectivity index (χ0n) is 11.3. The van der Waals surface area contributed by atoms with Crippen LogP contribution in [-0.4, -0.2) is 17.6 Å². The zero-order valence-corrected chi connectivity index (χ0v) is 11.3. The number of primary amides is 1. The molecular weight excluding hydrogens is 244 g/mol. The Morgan fingerprint density at radius 1 is 1.26 bits per heavy atom. The molecule has 1 aromatic rings. The number of amides is 3. The Kier molecular flexibility index (Phi) is 5.05. The van der Waals surface area contributed by atoms with Crippen molar-refractivity contribution in [2.24, 2.45) is 10.8 Å². The number of rotatable bonds is 4. The topological polar surface area (TPSA) is 96.6 Å². The summed E-state index contributed by atoms with van der Waals surface area (Å²) in [5, 5.41) is 6.43. The summed E-state index contributed by atoms with van der Waals surface area (Å²) < 4.78 is 0. The van der Waals surface area contributed by atoms with Gasteiger partial charge in [0.1, 0.15) is 0 Å². The van der Waals surface area contributed by atoms with Gasteiger partial charge < -0.3 is 11.1 Å². The van der Waals surface area contributed by atoms with Gasteiger partial charge in [-0.15, -0.1) is 0 Å². The number of hydrazone groups is 1. The van der Waals surface area contributed by atoms with Gasteiger partial charge >= 0.3 is 6.03 Å². The molecule has 0 spiro atoms. The molecule has 0 bridgehead atoms. The van der Waals surface area contributed by atoms with Crippen molar-refractivity contribution < 1.29 is 9.59 Å². The van der Waals surface area contributed by atoms with Crippen molar-refractivity contribution in [3.05, 3.63) is 29.3 Å². The maximum Gasteiger partial charge on any atom is 0.332 e. The molecule has 0 saturated heterocycles. The van der Waals surface area contributed by atoms with Gasteiger partial charge in [-0.2, -0.15) is 5.10 Å². The molecule has 6 heteroatoms. The molecule has 1 rings (SSSR count). The smallest absolute Gasteiger partial charge is 0.332 e. The van der Waals surface area contributed by atoms with Crippen LogP contribution in [0.2, 0.25) is 0 Å². The van der Waals surface area contributed by atoms with Gasteiger partial charge in [0.15, 0.2) is 0 Å². The summed E-state index contributed by atoms with van der Waals surface area (Å²) in [6, 6.07) is 4.94. The molecule has 6 nitrogen and oxygen atoms in total. The lowest BCUT2D eigenvalue weighted by atomic mass is 10.1. The minimum Gasteiger partial charge on any atom is -0.350 e. The highest BCUT2D eigenvalue weighted by Crippen LogP contribution is 2.14. The van der Waals surface area contributed by atoms with E-state index in [1.807, 2.05) is 32.0 Å². The van der Waals surface area contributed by atoms with E-state index in [0.29, 0.717) is 5.71 Å². The van der Waals surface area contributed by atoms with Crippen molar-refractivity contribution in [1.29, 1.82) is 0 Å². The molecule has 0 aliphatic heterocycles. The van der Waals surface area contributed by atoms with Gasteiger partial charge in [-0.3, -0.25) is 4.79 Å². The Balaban J connectivity index is 2.57. The van der Waals surface area contributed by atoms with E-state index in [4.69, 9.17) is 5.73 Å². The molecule has 0 saturated carbocycles. The van der Waals surface area contributed by atoms with Crippen molar-refractivity contribution in [2.75, 3.05) is 5.32 Å². The van der Waals surface area contributed by atoms with Crippen LogP contribution in [0.3, 0.4) is 0 Å². The number of nitrogens with zero attached hydrogens (tertiary/aromatic N) is 1. The third-order valence-electron chi connectivity index (χ3n) is 2.56. The van der Waals surface area contributed by atoms with E-state index in [1.165, 1.54) is 5.56 Å².